The van der Waals surface area contributed by atoms with Crippen LogP contribution in [0.5, 0.6) is 0 Å². The maximum atomic E-state index is 11.5. The number of aryl methyl sites for hydroxylation is 1. The van der Waals surface area contributed by atoms with Gasteiger partial charge in [0.15, 0.2) is 0 Å². The van der Waals surface area contributed by atoms with Crippen LogP contribution >= 0.6 is 11.8 Å². The predicted octanol–water partition coefficient (Wildman–Crippen LogP) is 4.12. The Balaban J connectivity index is 1.29. The summed E-state index contributed by atoms with van der Waals surface area (Å²) in [5, 5.41) is 1.87. The first-order valence-corrected chi connectivity index (χ1v) is 10.1. The number of nitrogens with one attached hydrogen (secondary N) is 1. The van der Waals surface area contributed by atoms with Crippen LogP contribution in [0.15, 0.2) is 34.7 Å². The van der Waals surface area contributed by atoms with Gasteiger partial charge in [-0.1, -0.05) is 42.8 Å². The summed E-state index contributed by atoms with van der Waals surface area (Å²) in [5.74, 6) is 1.33. The van der Waals surface area contributed by atoms with Gasteiger partial charge in [0, 0.05) is 18.6 Å². The van der Waals surface area contributed by atoms with Gasteiger partial charge in [-0.25, -0.2) is 4.98 Å². The van der Waals surface area contributed by atoms with Gasteiger partial charge < -0.3 is 9.15 Å². The first-order valence-electron chi connectivity index (χ1n) is 9.24. The van der Waals surface area contributed by atoms with Gasteiger partial charge in [0.25, 0.3) is 5.24 Å². The maximum absolute atomic E-state index is 11.5. The summed E-state index contributed by atoms with van der Waals surface area (Å²) in [6.07, 6.45) is 4.32. The molecule has 0 aliphatic carbocycles. The largest absolute Gasteiger partial charge is 0.441 e. The molecule has 27 heavy (non-hydrogen) atoms. The molecule has 2 amide bonds. The van der Waals surface area contributed by atoms with Gasteiger partial charge in [-0.3, -0.25) is 14.9 Å². The van der Waals surface area contributed by atoms with Gasteiger partial charge in [-0.15, -0.1) is 0 Å². The summed E-state index contributed by atoms with van der Waals surface area (Å²) in [4.78, 5) is 27.1. The zero-order valence-corrected chi connectivity index (χ0v) is 16.2. The van der Waals surface area contributed by atoms with Crippen LogP contribution in [0.4, 0.5) is 4.79 Å². The Morgan fingerprint density at radius 3 is 2.70 bits per heavy atom. The van der Waals surface area contributed by atoms with E-state index in [9.17, 15) is 9.59 Å². The average Bonchev–Trinajstić information content (AvgIpc) is 3.19. The van der Waals surface area contributed by atoms with Gasteiger partial charge in [-0.2, -0.15) is 0 Å². The molecule has 7 heteroatoms. The van der Waals surface area contributed by atoms with Crippen LogP contribution in [0.2, 0.25) is 0 Å². The van der Waals surface area contributed by atoms with E-state index in [1.165, 1.54) is 0 Å². The number of oxazole rings is 1. The first-order chi connectivity index (χ1) is 13.1. The van der Waals surface area contributed by atoms with Crippen LogP contribution in [0, 0.1) is 6.92 Å². The Bertz CT molecular complexity index is 776. The number of thioether (sulfide) groups is 1. The van der Waals surface area contributed by atoms with Crippen LogP contribution in [-0.4, -0.2) is 34.6 Å². The second kappa shape index (κ2) is 9.71. The molecule has 3 rings (SSSR count). The third-order valence-corrected chi connectivity index (χ3v) is 5.47. The molecule has 0 saturated carbocycles. The van der Waals surface area contributed by atoms with E-state index in [4.69, 9.17) is 9.15 Å². The first kappa shape index (κ1) is 19.6. The molecule has 2 heterocycles. The standard InChI is InChI=1S/C20H24N2O4S/c1-14-16(21-19(26-14)15-8-4-2-5-9-15)11-13-25-12-7-3-6-10-17-18(23)22-20(24)27-17/h2,4-5,8-9,17H,3,6-7,10-13H2,1H3,(H,22,23,24). The molecule has 1 unspecified atom stereocenters. The second-order valence-electron chi connectivity index (χ2n) is 6.48. The number of amides is 2. The average molecular weight is 388 g/mol. The molecule has 144 valence electrons. The lowest BCUT2D eigenvalue weighted by atomic mass is 10.1. The highest BCUT2D eigenvalue weighted by atomic mass is 32.2. The number of aromatic nitrogens is 1. The van der Waals surface area contributed by atoms with Crippen molar-refractivity contribution in [2.45, 2.75) is 44.3 Å². The maximum Gasteiger partial charge on any atom is 0.286 e. The lowest BCUT2D eigenvalue weighted by Crippen LogP contribution is -2.24. The summed E-state index contributed by atoms with van der Waals surface area (Å²) in [6.45, 7) is 3.22. The lowest BCUT2D eigenvalue weighted by molar-refractivity contribution is -0.119. The third kappa shape index (κ3) is 5.68. The van der Waals surface area contributed by atoms with Crippen LogP contribution in [0.3, 0.4) is 0 Å². The molecule has 0 spiro atoms. The van der Waals surface area contributed by atoms with Crippen molar-refractivity contribution in [3.05, 3.63) is 41.8 Å². The molecule has 1 atom stereocenters. The molecule has 1 aliphatic rings. The van der Waals surface area contributed by atoms with Crippen molar-refractivity contribution in [3.63, 3.8) is 0 Å². The molecule has 1 N–H and O–H groups in total. The Hall–Kier alpha value is -2.12. The predicted molar refractivity (Wildman–Crippen MR) is 105 cm³/mol. The number of unbranched alkanes of at least 4 members (excludes halogenated alkanes) is 2. The molecular weight excluding hydrogens is 364 g/mol. The zero-order valence-electron chi connectivity index (χ0n) is 15.4. The van der Waals surface area contributed by atoms with E-state index in [1.807, 2.05) is 37.3 Å². The highest BCUT2D eigenvalue weighted by Gasteiger charge is 2.30. The minimum absolute atomic E-state index is 0.154. The van der Waals surface area contributed by atoms with Crippen molar-refractivity contribution in [3.8, 4) is 11.5 Å². The van der Waals surface area contributed by atoms with E-state index in [0.717, 1.165) is 60.9 Å². The number of rotatable bonds is 10. The Morgan fingerprint density at radius 2 is 1.96 bits per heavy atom. The fraction of sp³-hybridized carbons (Fsp3) is 0.450. The zero-order chi connectivity index (χ0) is 19.1. The van der Waals surface area contributed by atoms with E-state index in [2.05, 4.69) is 10.3 Å². The SMILES string of the molecule is Cc1oc(-c2ccccc2)nc1CCOCCCCCC1SC(=O)NC1=O. The molecule has 0 radical (unpaired) electrons. The van der Waals surface area contributed by atoms with Crippen molar-refractivity contribution < 1.29 is 18.7 Å². The number of ether oxygens (including phenoxy) is 1. The molecular formula is C20H24N2O4S. The number of carbonyl (C=O) groups is 2. The number of imide groups is 1. The molecule has 0 bridgehead atoms. The molecule has 2 aromatic rings. The van der Waals surface area contributed by atoms with Crippen molar-refractivity contribution >= 4 is 22.9 Å². The van der Waals surface area contributed by atoms with Crippen molar-refractivity contribution in [2.75, 3.05) is 13.2 Å². The topological polar surface area (TPSA) is 81.4 Å². The van der Waals surface area contributed by atoms with Crippen molar-refractivity contribution in [1.82, 2.24) is 10.3 Å². The molecule has 1 aromatic carbocycles. The Labute approximate surface area is 163 Å². The van der Waals surface area contributed by atoms with E-state index in [1.54, 1.807) is 0 Å². The van der Waals surface area contributed by atoms with E-state index in [0.29, 0.717) is 19.1 Å². The van der Waals surface area contributed by atoms with E-state index in [-0.39, 0.29) is 16.4 Å². The van der Waals surface area contributed by atoms with Crippen LogP contribution in [0.1, 0.15) is 37.1 Å². The van der Waals surface area contributed by atoms with Gasteiger partial charge in [0.05, 0.1) is 17.6 Å². The summed E-state index contributed by atoms with van der Waals surface area (Å²) >= 11 is 1.10. The summed E-state index contributed by atoms with van der Waals surface area (Å²) in [6, 6.07) is 9.86. The van der Waals surface area contributed by atoms with Gasteiger partial charge in [-0.05, 0) is 31.9 Å². The van der Waals surface area contributed by atoms with Crippen LogP contribution in [-0.2, 0) is 16.0 Å². The van der Waals surface area contributed by atoms with Crippen molar-refractivity contribution in [2.24, 2.45) is 0 Å². The van der Waals surface area contributed by atoms with Crippen LogP contribution in [0.25, 0.3) is 11.5 Å². The quantitative estimate of drug-likeness (QED) is 0.617. The Morgan fingerprint density at radius 1 is 1.15 bits per heavy atom. The van der Waals surface area contributed by atoms with Gasteiger partial charge in [0.2, 0.25) is 11.8 Å². The molecule has 1 saturated heterocycles. The fourth-order valence-corrected chi connectivity index (χ4v) is 3.80. The number of nitrogens with zero attached hydrogens (tertiary/aromatic N) is 1. The molecule has 1 aromatic heterocycles. The van der Waals surface area contributed by atoms with E-state index >= 15 is 0 Å². The monoisotopic (exact) mass is 388 g/mol. The van der Waals surface area contributed by atoms with Gasteiger partial charge in [0.1, 0.15) is 5.76 Å². The summed E-state index contributed by atoms with van der Waals surface area (Å²) in [5.41, 5.74) is 1.91. The summed E-state index contributed by atoms with van der Waals surface area (Å²) in [7, 11) is 0. The minimum atomic E-state index is -0.230. The van der Waals surface area contributed by atoms with E-state index < -0.39 is 0 Å². The third-order valence-electron chi connectivity index (χ3n) is 4.42. The highest BCUT2D eigenvalue weighted by Crippen LogP contribution is 2.24. The Kier molecular flexibility index (Phi) is 7.06. The molecule has 1 aliphatic heterocycles. The van der Waals surface area contributed by atoms with Crippen LogP contribution < -0.4 is 5.32 Å². The number of carbonyl (C=O) groups excluding carboxylic acids is 2. The number of hydrogen-bond donors (Lipinski definition) is 1. The molecule has 1 fully saturated rings. The number of hydrogen-bond acceptors (Lipinski definition) is 6. The normalized spacial score (nSPS) is 16.7. The smallest absolute Gasteiger partial charge is 0.286 e. The summed E-state index contributed by atoms with van der Waals surface area (Å²) < 4.78 is 11.4. The number of benzene rings is 1. The van der Waals surface area contributed by atoms with Crippen molar-refractivity contribution in [1.29, 1.82) is 0 Å². The fourth-order valence-electron chi connectivity index (χ4n) is 2.93. The second-order valence-corrected chi connectivity index (χ2v) is 7.66. The minimum Gasteiger partial charge on any atom is -0.441 e. The lowest BCUT2D eigenvalue weighted by Gasteiger charge is -2.05. The highest BCUT2D eigenvalue weighted by molar-refractivity contribution is 8.15. The molecule has 6 nitrogen and oxygen atoms in total. The van der Waals surface area contributed by atoms with Gasteiger partial charge >= 0.3 is 0 Å².